The largest absolute Gasteiger partial charge is 0.383 e. The molecule has 1 saturated heterocycles. The fraction of sp³-hybridized carbons (Fsp3) is 0.750. The monoisotopic (exact) mass is 113 g/mol. The lowest BCUT2D eigenvalue weighted by Gasteiger charge is -2.33. The summed E-state index contributed by atoms with van der Waals surface area (Å²) < 4.78 is 4.97. The second-order valence-corrected chi connectivity index (χ2v) is 1.93. The molecular weight excluding hydrogens is 105 g/mol. The summed E-state index contributed by atoms with van der Waals surface area (Å²) in [5, 5.41) is 2.63. The van der Waals surface area contributed by atoms with Crippen LogP contribution in [0.5, 0.6) is 0 Å². The van der Waals surface area contributed by atoms with Crippen molar-refractivity contribution in [2.75, 3.05) is 6.61 Å². The van der Waals surface area contributed by atoms with Gasteiger partial charge in [0.2, 0.25) is 6.41 Å². The zero-order chi connectivity index (χ0) is 5.98. The Morgan fingerprint density at radius 3 is 2.75 bits per heavy atom. The summed E-state index contributed by atoms with van der Waals surface area (Å²) in [6.45, 7) is 0.667. The van der Waals surface area contributed by atoms with Gasteiger partial charge in [0.15, 0.2) is 0 Å². The smallest absolute Gasteiger partial charge is 0.207 e. The van der Waals surface area contributed by atoms with Gasteiger partial charge in [-0.3, -0.25) is 4.79 Å². The van der Waals surface area contributed by atoms with Crippen molar-refractivity contribution in [3.05, 3.63) is 0 Å². The molecule has 1 rings (SSSR count). The van der Waals surface area contributed by atoms with Gasteiger partial charge in [0.25, 0.3) is 0 Å². The molecule has 44 valence electrons. The Morgan fingerprint density at radius 2 is 2.62 bits per heavy atom. The molecule has 1 heterocycles. The van der Waals surface area contributed by atoms with Crippen molar-refractivity contribution in [1.82, 2.24) is 5.32 Å². The molecule has 0 aromatic heterocycles. The van der Waals surface area contributed by atoms with Gasteiger partial charge in [0.05, 0.1) is 12.6 Å². The minimum absolute atomic E-state index is 0.209. The minimum atomic E-state index is 0.209. The van der Waals surface area contributed by atoms with Gasteiger partial charge in [-0.15, -0.1) is 0 Å². The molecule has 8 heavy (non-hydrogen) atoms. The molecule has 1 amide bonds. The van der Waals surface area contributed by atoms with Crippen LogP contribution in [0.3, 0.4) is 0 Å². The number of nitrogens with one attached hydrogen (secondary N) is 1. The van der Waals surface area contributed by atoms with Gasteiger partial charge in [-0.2, -0.15) is 0 Å². The quantitative estimate of drug-likeness (QED) is 0.335. The third-order valence-electron chi connectivity index (χ3n) is 1.39. The Kier molecular flexibility index (Phi) is 1.53. The molecule has 3 nitrogen and oxygen atoms in total. The highest BCUT2D eigenvalue weighted by Crippen LogP contribution is 2.06. The van der Waals surface area contributed by atoms with Crippen molar-refractivity contribution >= 4 is 14.3 Å². The molecule has 1 N–H and O–H groups in total. The zero-order valence-electron chi connectivity index (χ0n) is 4.76. The first-order chi connectivity index (χ1) is 3.84. The zero-order valence-corrected chi connectivity index (χ0v) is 4.76. The number of hydrogen-bond donors (Lipinski definition) is 1. The van der Waals surface area contributed by atoms with Crippen LogP contribution >= 0.6 is 0 Å². The molecule has 0 aliphatic carbocycles. The maximum atomic E-state index is 9.79. The van der Waals surface area contributed by atoms with Crippen molar-refractivity contribution in [3.8, 4) is 0 Å². The van der Waals surface area contributed by atoms with Crippen LogP contribution in [-0.4, -0.2) is 32.9 Å². The molecule has 0 saturated carbocycles. The van der Waals surface area contributed by atoms with Crippen molar-refractivity contribution in [3.63, 3.8) is 0 Å². The fourth-order valence-electron chi connectivity index (χ4n) is 0.656. The van der Waals surface area contributed by atoms with Crippen molar-refractivity contribution in [2.24, 2.45) is 0 Å². The molecule has 0 bridgehead atoms. The van der Waals surface area contributed by atoms with E-state index in [0.717, 1.165) is 0 Å². The summed E-state index contributed by atoms with van der Waals surface area (Å²) in [5.41, 5.74) is 0. The highest BCUT2D eigenvalue weighted by molar-refractivity contribution is 6.12. The van der Waals surface area contributed by atoms with E-state index >= 15 is 0 Å². The van der Waals surface area contributed by atoms with Crippen LogP contribution in [0, 0.1) is 0 Å². The topological polar surface area (TPSA) is 38.3 Å². The second-order valence-electron chi connectivity index (χ2n) is 1.93. The molecule has 0 aromatic rings. The molecular formula is C4H8BNO2. The molecule has 0 radical (unpaired) electrons. The van der Waals surface area contributed by atoms with Gasteiger partial charge in [-0.25, -0.2) is 0 Å². The van der Waals surface area contributed by atoms with Gasteiger partial charge in [-0.1, -0.05) is 0 Å². The molecule has 0 unspecified atom stereocenters. The number of hydrogen-bond acceptors (Lipinski definition) is 2. The van der Waals surface area contributed by atoms with Crippen LogP contribution in [0.25, 0.3) is 0 Å². The number of rotatable bonds is 2. The molecule has 2 atom stereocenters. The number of carbonyl (C=O) groups excluding carboxylic acids is 1. The predicted molar refractivity (Wildman–Crippen MR) is 31.3 cm³/mol. The standard InChI is InChI=1S/C4H8BNO2/c5-4-3(1-8-4)6-2-7/h2-4H,1,5H2,(H,6,7)/t3-,4+/m1/s1. The van der Waals surface area contributed by atoms with E-state index in [1.54, 1.807) is 0 Å². The SMILES string of the molecule is B[C@H]1OC[C@H]1NC=O. The Hall–Kier alpha value is -0.505. The van der Waals surface area contributed by atoms with Gasteiger partial charge >= 0.3 is 0 Å². The molecule has 4 heteroatoms. The van der Waals surface area contributed by atoms with Crippen molar-refractivity contribution < 1.29 is 9.53 Å². The molecule has 1 aliphatic rings. The summed E-state index contributed by atoms with van der Waals surface area (Å²) in [6.07, 6.45) is 0.712. The van der Waals surface area contributed by atoms with Crippen LogP contribution in [-0.2, 0) is 9.53 Å². The maximum Gasteiger partial charge on any atom is 0.207 e. The Bertz CT molecular complexity index is 98.0. The number of amides is 1. The average Bonchev–Trinajstić information content (AvgIpc) is 1.79. The lowest BCUT2D eigenvalue weighted by molar-refractivity contribution is -0.114. The van der Waals surface area contributed by atoms with E-state index in [0.29, 0.717) is 13.0 Å². The Morgan fingerprint density at radius 1 is 1.88 bits per heavy atom. The van der Waals surface area contributed by atoms with Crippen molar-refractivity contribution in [1.29, 1.82) is 0 Å². The Labute approximate surface area is 48.8 Å². The van der Waals surface area contributed by atoms with Crippen LogP contribution in [0.1, 0.15) is 0 Å². The van der Waals surface area contributed by atoms with E-state index in [2.05, 4.69) is 5.32 Å². The lowest BCUT2D eigenvalue weighted by atomic mass is 9.88. The van der Waals surface area contributed by atoms with E-state index in [-0.39, 0.29) is 12.0 Å². The second kappa shape index (κ2) is 2.18. The van der Waals surface area contributed by atoms with E-state index in [1.807, 2.05) is 7.85 Å². The first-order valence-corrected chi connectivity index (χ1v) is 2.66. The summed E-state index contributed by atoms with van der Waals surface area (Å²) in [7, 11) is 1.94. The lowest BCUT2D eigenvalue weighted by Crippen LogP contribution is -2.53. The van der Waals surface area contributed by atoms with Crippen LogP contribution in [0.4, 0.5) is 0 Å². The van der Waals surface area contributed by atoms with Gasteiger partial charge < -0.3 is 10.1 Å². The molecule has 1 fully saturated rings. The average molecular weight is 113 g/mol. The number of ether oxygens (including phenoxy) is 1. The van der Waals surface area contributed by atoms with E-state index in [9.17, 15) is 4.79 Å². The molecule has 0 spiro atoms. The third kappa shape index (κ3) is 0.840. The Balaban J connectivity index is 2.16. The highest BCUT2D eigenvalue weighted by atomic mass is 16.5. The van der Waals surface area contributed by atoms with Gasteiger partial charge in [-0.05, 0) is 0 Å². The first kappa shape index (κ1) is 5.63. The molecule has 0 aromatic carbocycles. The van der Waals surface area contributed by atoms with E-state index < -0.39 is 0 Å². The summed E-state index contributed by atoms with van der Waals surface area (Å²) in [6, 6.07) is 0.465. The minimum Gasteiger partial charge on any atom is -0.383 e. The number of carbonyl (C=O) groups is 1. The predicted octanol–water partition coefficient (Wildman–Crippen LogP) is -1.91. The molecule has 1 aliphatic heterocycles. The summed E-state index contributed by atoms with van der Waals surface area (Å²) in [4.78, 5) is 9.79. The highest BCUT2D eigenvalue weighted by Gasteiger charge is 2.26. The normalized spacial score (nSPS) is 35.5. The first-order valence-electron chi connectivity index (χ1n) is 2.66. The summed E-state index contributed by atoms with van der Waals surface area (Å²) >= 11 is 0. The summed E-state index contributed by atoms with van der Waals surface area (Å²) in [5.74, 6) is 0. The van der Waals surface area contributed by atoms with E-state index in [4.69, 9.17) is 4.74 Å². The van der Waals surface area contributed by atoms with Crippen LogP contribution in [0.2, 0.25) is 0 Å². The maximum absolute atomic E-state index is 9.79. The van der Waals surface area contributed by atoms with Crippen LogP contribution < -0.4 is 5.32 Å². The van der Waals surface area contributed by atoms with E-state index in [1.165, 1.54) is 0 Å². The van der Waals surface area contributed by atoms with Gasteiger partial charge in [0, 0.05) is 6.00 Å². The van der Waals surface area contributed by atoms with Crippen LogP contribution in [0.15, 0.2) is 0 Å². The fourth-order valence-corrected chi connectivity index (χ4v) is 0.656. The van der Waals surface area contributed by atoms with Crippen molar-refractivity contribution in [2.45, 2.75) is 12.0 Å². The third-order valence-corrected chi connectivity index (χ3v) is 1.39. The van der Waals surface area contributed by atoms with Gasteiger partial charge in [0.1, 0.15) is 7.85 Å².